The van der Waals surface area contributed by atoms with Gasteiger partial charge in [0.05, 0.1) is 30.1 Å². The zero-order chi connectivity index (χ0) is 14.5. The monoisotopic (exact) mass is 267 g/mol. The van der Waals surface area contributed by atoms with Crippen LogP contribution in [0.25, 0.3) is 0 Å². The molecule has 4 nitrogen and oxygen atoms in total. The summed E-state index contributed by atoms with van der Waals surface area (Å²) in [5, 5.41) is 9.00. The molecule has 0 spiro atoms. The van der Waals surface area contributed by atoms with Gasteiger partial charge in [-0.1, -0.05) is 12.1 Å². The van der Waals surface area contributed by atoms with Crippen LogP contribution in [0.15, 0.2) is 42.5 Å². The minimum absolute atomic E-state index is 0.618. The standard InChI is InChI=1S/C16H17N3O/c1-19(15-6-4-3-5-14(15)18)11-13-9-12(10-17)7-8-16(13)20-2/h3-9H,11,18H2,1-2H3. The summed E-state index contributed by atoms with van der Waals surface area (Å²) in [7, 11) is 3.59. The van der Waals surface area contributed by atoms with Gasteiger partial charge in [0.2, 0.25) is 0 Å². The normalized spacial score (nSPS) is 9.85. The van der Waals surface area contributed by atoms with Crippen molar-refractivity contribution >= 4 is 11.4 Å². The van der Waals surface area contributed by atoms with Crippen molar-refractivity contribution in [2.45, 2.75) is 6.54 Å². The lowest BCUT2D eigenvalue weighted by Crippen LogP contribution is -2.18. The average Bonchev–Trinajstić information content (AvgIpc) is 2.47. The molecule has 0 heterocycles. The van der Waals surface area contributed by atoms with Gasteiger partial charge in [-0.2, -0.15) is 5.26 Å². The highest BCUT2D eigenvalue weighted by Crippen LogP contribution is 2.26. The topological polar surface area (TPSA) is 62.3 Å². The van der Waals surface area contributed by atoms with Crippen LogP contribution in [0.3, 0.4) is 0 Å². The van der Waals surface area contributed by atoms with Gasteiger partial charge in [0.25, 0.3) is 0 Å². The van der Waals surface area contributed by atoms with Crippen LogP contribution in [0.1, 0.15) is 11.1 Å². The summed E-state index contributed by atoms with van der Waals surface area (Å²) in [6.07, 6.45) is 0. The second-order valence-corrected chi connectivity index (χ2v) is 4.55. The predicted octanol–water partition coefficient (Wildman–Crippen LogP) is 2.79. The Morgan fingerprint density at radius 3 is 2.65 bits per heavy atom. The SMILES string of the molecule is COc1ccc(C#N)cc1CN(C)c1ccccc1N. The minimum Gasteiger partial charge on any atom is -0.496 e. The highest BCUT2D eigenvalue weighted by molar-refractivity contribution is 5.67. The number of anilines is 2. The number of para-hydroxylation sites is 2. The highest BCUT2D eigenvalue weighted by atomic mass is 16.5. The molecular formula is C16H17N3O. The molecule has 0 aliphatic heterocycles. The molecule has 20 heavy (non-hydrogen) atoms. The van der Waals surface area contributed by atoms with Crippen molar-refractivity contribution in [3.63, 3.8) is 0 Å². The molecule has 0 radical (unpaired) electrons. The van der Waals surface area contributed by atoms with Gasteiger partial charge in [0, 0.05) is 19.2 Å². The molecule has 0 bridgehead atoms. The van der Waals surface area contributed by atoms with E-state index in [-0.39, 0.29) is 0 Å². The number of nitrogens with two attached hydrogens (primary N) is 1. The maximum absolute atomic E-state index is 9.00. The summed E-state index contributed by atoms with van der Waals surface area (Å²) in [5.41, 5.74) is 9.24. The molecule has 0 amide bonds. The number of hydrogen-bond donors (Lipinski definition) is 1. The second-order valence-electron chi connectivity index (χ2n) is 4.55. The molecule has 0 aromatic heterocycles. The van der Waals surface area contributed by atoms with E-state index in [1.165, 1.54) is 0 Å². The Balaban J connectivity index is 2.30. The third kappa shape index (κ3) is 2.83. The number of rotatable bonds is 4. The summed E-state index contributed by atoms with van der Waals surface area (Å²) >= 11 is 0. The Bertz CT molecular complexity index is 646. The smallest absolute Gasteiger partial charge is 0.123 e. The maximum atomic E-state index is 9.00. The third-order valence-electron chi connectivity index (χ3n) is 3.17. The summed E-state index contributed by atoms with van der Waals surface area (Å²) < 4.78 is 5.34. The first-order valence-electron chi connectivity index (χ1n) is 6.28. The fourth-order valence-electron chi connectivity index (χ4n) is 2.15. The lowest BCUT2D eigenvalue weighted by atomic mass is 10.1. The van der Waals surface area contributed by atoms with Gasteiger partial charge >= 0.3 is 0 Å². The van der Waals surface area contributed by atoms with Crippen LogP contribution in [0, 0.1) is 11.3 Å². The van der Waals surface area contributed by atoms with E-state index in [2.05, 4.69) is 6.07 Å². The van der Waals surface area contributed by atoms with Crippen LogP contribution >= 0.6 is 0 Å². The Labute approximate surface area is 119 Å². The van der Waals surface area contributed by atoms with E-state index in [4.69, 9.17) is 15.7 Å². The predicted molar refractivity (Wildman–Crippen MR) is 80.7 cm³/mol. The van der Waals surface area contributed by atoms with E-state index < -0.39 is 0 Å². The van der Waals surface area contributed by atoms with E-state index in [1.807, 2.05) is 48.3 Å². The Hall–Kier alpha value is -2.67. The van der Waals surface area contributed by atoms with Gasteiger partial charge in [0.1, 0.15) is 5.75 Å². The van der Waals surface area contributed by atoms with E-state index in [1.54, 1.807) is 13.2 Å². The van der Waals surface area contributed by atoms with Crippen molar-refractivity contribution < 1.29 is 4.74 Å². The number of methoxy groups -OCH3 is 1. The molecule has 2 aromatic carbocycles. The molecule has 4 heteroatoms. The summed E-state index contributed by atoms with van der Waals surface area (Å²) in [6, 6.07) is 15.2. The lowest BCUT2D eigenvalue weighted by Gasteiger charge is -2.22. The molecule has 2 N–H and O–H groups in total. The van der Waals surface area contributed by atoms with E-state index >= 15 is 0 Å². The second kappa shape index (κ2) is 5.98. The molecule has 2 rings (SSSR count). The number of benzene rings is 2. The van der Waals surface area contributed by atoms with E-state index in [0.717, 1.165) is 22.7 Å². The highest BCUT2D eigenvalue weighted by Gasteiger charge is 2.10. The first kappa shape index (κ1) is 13.8. The van der Waals surface area contributed by atoms with Crippen LogP contribution in [0.4, 0.5) is 11.4 Å². The quantitative estimate of drug-likeness (QED) is 0.865. The van der Waals surface area contributed by atoms with E-state index in [9.17, 15) is 0 Å². The van der Waals surface area contributed by atoms with Gasteiger partial charge in [-0.25, -0.2) is 0 Å². The summed E-state index contributed by atoms with van der Waals surface area (Å²) in [6.45, 7) is 0.618. The van der Waals surface area contributed by atoms with Gasteiger partial charge in [-0.05, 0) is 30.3 Å². The fourth-order valence-corrected chi connectivity index (χ4v) is 2.15. The first-order valence-corrected chi connectivity index (χ1v) is 6.28. The van der Waals surface area contributed by atoms with Gasteiger partial charge < -0.3 is 15.4 Å². The van der Waals surface area contributed by atoms with Crippen molar-refractivity contribution in [2.75, 3.05) is 24.8 Å². The molecule has 0 saturated carbocycles. The molecule has 0 unspecified atom stereocenters. The number of hydrogen-bond acceptors (Lipinski definition) is 4. The Kier molecular flexibility index (Phi) is 4.11. The molecule has 0 aliphatic carbocycles. The van der Waals surface area contributed by atoms with Crippen molar-refractivity contribution in [1.29, 1.82) is 5.26 Å². The maximum Gasteiger partial charge on any atom is 0.123 e. The Morgan fingerprint density at radius 2 is 2.00 bits per heavy atom. The van der Waals surface area contributed by atoms with Crippen LogP contribution < -0.4 is 15.4 Å². The van der Waals surface area contributed by atoms with Crippen molar-refractivity contribution in [1.82, 2.24) is 0 Å². The molecular weight excluding hydrogens is 250 g/mol. The first-order chi connectivity index (χ1) is 9.65. The number of nitrogen functional groups attached to an aromatic ring is 1. The van der Waals surface area contributed by atoms with Gasteiger partial charge in [0.15, 0.2) is 0 Å². The molecule has 0 aliphatic rings. The summed E-state index contributed by atoms with van der Waals surface area (Å²) in [5.74, 6) is 0.769. The van der Waals surface area contributed by atoms with Gasteiger partial charge in [-0.3, -0.25) is 0 Å². The van der Waals surface area contributed by atoms with Crippen LogP contribution in [-0.2, 0) is 6.54 Å². The fraction of sp³-hybridized carbons (Fsp3) is 0.188. The Morgan fingerprint density at radius 1 is 1.25 bits per heavy atom. The zero-order valence-corrected chi connectivity index (χ0v) is 11.6. The average molecular weight is 267 g/mol. The largest absolute Gasteiger partial charge is 0.496 e. The van der Waals surface area contributed by atoms with Crippen molar-refractivity contribution in [2.24, 2.45) is 0 Å². The van der Waals surface area contributed by atoms with E-state index in [0.29, 0.717) is 12.1 Å². The molecule has 0 atom stereocenters. The van der Waals surface area contributed by atoms with Crippen LogP contribution in [0.5, 0.6) is 5.75 Å². The summed E-state index contributed by atoms with van der Waals surface area (Å²) in [4.78, 5) is 2.04. The molecule has 2 aromatic rings. The number of ether oxygens (including phenoxy) is 1. The van der Waals surface area contributed by atoms with Gasteiger partial charge in [-0.15, -0.1) is 0 Å². The van der Waals surface area contributed by atoms with Crippen molar-refractivity contribution in [3.05, 3.63) is 53.6 Å². The zero-order valence-electron chi connectivity index (χ0n) is 11.6. The molecule has 0 fully saturated rings. The number of nitriles is 1. The van der Waals surface area contributed by atoms with Crippen LogP contribution in [0.2, 0.25) is 0 Å². The lowest BCUT2D eigenvalue weighted by molar-refractivity contribution is 0.409. The number of nitrogens with zero attached hydrogens (tertiary/aromatic N) is 2. The molecule has 0 saturated heterocycles. The third-order valence-corrected chi connectivity index (χ3v) is 3.17. The minimum atomic E-state index is 0.618. The van der Waals surface area contributed by atoms with Crippen molar-refractivity contribution in [3.8, 4) is 11.8 Å². The van der Waals surface area contributed by atoms with Crippen LogP contribution in [-0.4, -0.2) is 14.2 Å². The molecule has 102 valence electrons.